The Bertz CT molecular complexity index is 1270. The van der Waals surface area contributed by atoms with Crippen LogP contribution >= 0.6 is 0 Å². The summed E-state index contributed by atoms with van der Waals surface area (Å²) in [5.41, 5.74) is 6.89. The van der Waals surface area contributed by atoms with E-state index in [4.69, 9.17) is 10.5 Å². The normalized spacial score (nSPS) is 11.0. The lowest BCUT2D eigenvalue weighted by atomic mass is 10.1. The first kappa shape index (κ1) is 17.6. The Labute approximate surface area is 159 Å². The summed E-state index contributed by atoms with van der Waals surface area (Å²) in [5.74, 6) is 0.164. The number of esters is 1. The Hall–Kier alpha value is -3.81. The first-order valence-electron chi connectivity index (χ1n) is 8.64. The van der Waals surface area contributed by atoms with Crippen molar-refractivity contribution in [3.8, 4) is 0 Å². The van der Waals surface area contributed by atoms with Gasteiger partial charge in [-0.25, -0.2) is 14.6 Å². The molecule has 0 aliphatic rings. The molecule has 0 unspecified atom stereocenters. The number of carbonyl (C=O) groups excluding carboxylic acids is 1. The van der Waals surface area contributed by atoms with E-state index in [0.29, 0.717) is 33.6 Å². The molecule has 0 bridgehead atoms. The maximum absolute atomic E-state index is 12.3. The quantitative estimate of drug-likeness (QED) is 0.541. The van der Waals surface area contributed by atoms with Crippen molar-refractivity contribution in [3.63, 3.8) is 0 Å². The van der Waals surface area contributed by atoms with E-state index in [1.807, 2.05) is 24.3 Å². The number of aromatic nitrogens is 4. The second-order valence-corrected chi connectivity index (χ2v) is 6.30. The van der Waals surface area contributed by atoms with Gasteiger partial charge < -0.3 is 10.5 Å². The molecule has 0 saturated carbocycles. The standard InChI is InChI=1S/C20H17N5O3/c1-25-20(27)13-7-3-2-6-12(13)16(24-25)10-18(26)28-11-17-22-15-9-5-4-8-14(15)19(21)23-17/h2-9H,10-11H2,1H3,(H2,21,22,23). The summed E-state index contributed by atoms with van der Waals surface area (Å²) in [4.78, 5) is 33.1. The molecule has 0 aliphatic carbocycles. The van der Waals surface area contributed by atoms with Crippen LogP contribution in [0.2, 0.25) is 0 Å². The number of nitrogens with two attached hydrogens (primary N) is 1. The molecule has 8 heteroatoms. The topological polar surface area (TPSA) is 113 Å². The molecule has 2 aromatic carbocycles. The minimum absolute atomic E-state index is 0.0717. The fourth-order valence-corrected chi connectivity index (χ4v) is 3.05. The number of nitrogen functional groups attached to an aromatic ring is 1. The number of aryl methyl sites for hydroxylation is 1. The summed E-state index contributed by atoms with van der Waals surface area (Å²) in [6.45, 7) is -0.0996. The molecule has 8 nitrogen and oxygen atoms in total. The van der Waals surface area contributed by atoms with Gasteiger partial charge in [-0.2, -0.15) is 5.10 Å². The molecular formula is C20H17N5O3. The molecule has 4 rings (SSSR count). The molecule has 0 radical (unpaired) electrons. The number of carbonyl (C=O) groups is 1. The second kappa shape index (κ2) is 7.07. The number of para-hydroxylation sites is 1. The van der Waals surface area contributed by atoms with Crippen molar-refractivity contribution in [1.29, 1.82) is 0 Å². The number of fused-ring (bicyclic) bond motifs is 2. The van der Waals surface area contributed by atoms with E-state index in [0.717, 1.165) is 5.39 Å². The number of anilines is 1. The highest BCUT2D eigenvalue weighted by atomic mass is 16.5. The summed E-state index contributed by atoms with van der Waals surface area (Å²) in [6, 6.07) is 14.4. The predicted octanol–water partition coefficient (Wildman–Crippen LogP) is 1.74. The number of ether oxygens (including phenoxy) is 1. The lowest BCUT2D eigenvalue weighted by Crippen LogP contribution is -2.23. The van der Waals surface area contributed by atoms with Gasteiger partial charge >= 0.3 is 5.97 Å². The van der Waals surface area contributed by atoms with Gasteiger partial charge in [-0.1, -0.05) is 30.3 Å². The summed E-state index contributed by atoms with van der Waals surface area (Å²) in [6.07, 6.45) is -0.0717. The highest BCUT2D eigenvalue weighted by molar-refractivity contribution is 5.88. The van der Waals surface area contributed by atoms with Crippen molar-refractivity contribution in [2.45, 2.75) is 13.0 Å². The van der Waals surface area contributed by atoms with Crippen LogP contribution in [-0.4, -0.2) is 25.7 Å². The van der Waals surface area contributed by atoms with E-state index in [1.54, 1.807) is 31.3 Å². The van der Waals surface area contributed by atoms with E-state index in [1.165, 1.54) is 4.68 Å². The van der Waals surface area contributed by atoms with Gasteiger partial charge in [0.05, 0.1) is 23.0 Å². The molecule has 0 atom stereocenters. The highest BCUT2D eigenvalue weighted by Gasteiger charge is 2.14. The summed E-state index contributed by atoms with van der Waals surface area (Å²) in [5, 5.41) is 6.09. The zero-order valence-corrected chi connectivity index (χ0v) is 15.1. The monoisotopic (exact) mass is 375 g/mol. The van der Waals surface area contributed by atoms with Crippen molar-refractivity contribution in [1.82, 2.24) is 19.7 Å². The van der Waals surface area contributed by atoms with Crippen molar-refractivity contribution >= 4 is 33.5 Å². The van der Waals surface area contributed by atoms with E-state index < -0.39 is 5.97 Å². The summed E-state index contributed by atoms with van der Waals surface area (Å²) >= 11 is 0. The Morgan fingerprint density at radius 1 is 1.04 bits per heavy atom. The van der Waals surface area contributed by atoms with Gasteiger partial charge in [0.1, 0.15) is 5.82 Å². The van der Waals surface area contributed by atoms with Crippen LogP contribution in [0.3, 0.4) is 0 Å². The number of benzene rings is 2. The molecule has 2 aromatic heterocycles. The molecule has 140 valence electrons. The molecular weight excluding hydrogens is 358 g/mol. The van der Waals surface area contributed by atoms with Gasteiger partial charge in [0, 0.05) is 17.8 Å². The highest BCUT2D eigenvalue weighted by Crippen LogP contribution is 2.18. The fourth-order valence-electron chi connectivity index (χ4n) is 3.05. The van der Waals surface area contributed by atoms with Crippen LogP contribution < -0.4 is 11.3 Å². The van der Waals surface area contributed by atoms with E-state index >= 15 is 0 Å². The van der Waals surface area contributed by atoms with Crippen LogP contribution in [0, 0.1) is 0 Å². The van der Waals surface area contributed by atoms with E-state index in [9.17, 15) is 9.59 Å². The molecule has 0 saturated heterocycles. The van der Waals surface area contributed by atoms with Crippen LogP contribution in [0.25, 0.3) is 21.7 Å². The van der Waals surface area contributed by atoms with Gasteiger partial charge in [-0.15, -0.1) is 0 Å². The van der Waals surface area contributed by atoms with Crippen molar-refractivity contribution < 1.29 is 9.53 Å². The van der Waals surface area contributed by atoms with Crippen molar-refractivity contribution in [2.24, 2.45) is 7.05 Å². The number of nitrogens with zero attached hydrogens (tertiary/aromatic N) is 4. The predicted molar refractivity (Wildman–Crippen MR) is 104 cm³/mol. The van der Waals surface area contributed by atoms with Gasteiger partial charge in [-0.05, 0) is 18.2 Å². The zero-order chi connectivity index (χ0) is 19.7. The van der Waals surface area contributed by atoms with Gasteiger partial charge in [0.2, 0.25) is 0 Å². The fraction of sp³-hybridized carbons (Fsp3) is 0.150. The molecule has 2 heterocycles. The van der Waals surface area contributed by atoms with Crippen LogP contribution in [0.15, 0.2) is 53.3 Å². The van der Waals surface area contributed by atoms with Crippen molar-refractivity contribution in [3.05, 3.63) is 70.4 Å². The Morgan fingerprint density at radius 3 is 2.50 bits per heavy atom. The first-order valence-corrected chi connectivity index (χ1v) is 8.64. The SMILES string of the molecule is Cn1nc(CC(=O)OCc2nc(N)c3ccccc3n2)c2ccccc2c1=O. The summed E-state index contributed by atoms with van der Waals surface area (Å²) < 4.78 is 6.53. The average molecular weight is 375 g/mol. The third kappa shape index (κ3) is 3.27. The van der Waals surface area contributed by atoms with Gasteiger partial charge in [0.15, 0.2) is 12.4 Å². The van der Waals surface area contributed by atoms with Gasteiger partial charge in [0.25, 0.3) is 5.56 Å². The van der Waals surface area contributed by atoms with E-state index in [2.05, 4.69) is 15.1 Å². The third-order valence-corrected chi connectivity index (χ3v) is 4.39. The Balaban J connectivity index is 1.54. The third-order valence-electron chi connectivity index (χ3n) is 4.39. The molecule has 2 N–H and O–H groups in total. The lowest BCUT2D eigenvalue weighted by Gasteiger charge is -2.09. The van der Waals surface area contributed by atoms with Crippen molar-refractivity contribution in [2.75, 3.05) is 5.73 Å². The number of hydrogen-bond acceptors (Lipinski definition) is 7. The molecule has 0 spiro atoms. The maximum atomic E-state index is 12.3. The molecule has 0 aliphatic heterocycles. The second-order valence-electron chi connectivity index (χ2n) is 6.30. The van der Waals surface area contributed by atoms with Gasteiger partial charge in [-0.3, -0.25) is 9.59 Å². The summed E-state index contributed by atoms with van der Waals surface area (Å²) in [7, 11) is 1.55. The van der Waals surface area contributed by atoms with E-state index in [-0.39, 0.29) is 18.6 Å². The van der Waals surface area contributed by atoms with Crippen LogP contribution in [-0.2, 0) is 29.6 Å². The Kier molecular flexibility index (Phi) is 4.44. The molecule has 0 amide bonds. The Morgan fingerprint density at radius 2 is 1.71 bits per heavy atom. The number of rotatable bonds is 4. The first-order chi connectivity index (χ1) is 13.5. The minimum Gasteiger partial charge on any atom is -0.457 e. The minimum atomic E-state index is -0.494. The van der Waals surface area contributed by atoms with Crippen LogP contribution in [0.1, 0.15) is 11.5 Å². The molecule has 0 fully saturated rings. The average Bonchev–Trinajstić information content (AvgIpc) is 2.70. The number of hydrogen-bond donors (Lipinski definition) is 1. The lowest BCUT2D eigenvalue weighted by molar-refractivity contribution is -0.144. The van der Waals surface area contributed by atoms with Crippen LogP contribution in [0.4, 0.5) is 5.82 Å². The molecule has 4 aromatic rings. The molecule has 28 heavy (non-hydrogen) atoms. The maximum Gasteiger partial charge on any atom is 0.312 e. The smallest absolute Gasteiger partial charge is 0.312 e. The zero-order valence-electron chi connectivity index (χ0n) is 15.1. The largest absolute Gasteiger partial charge is 0.457 e. The van der Waals surface area contributed by atoms with Crippen LogP contribution in [0.5, 0.6) is 0 Å².